The van der Waals surface area contributed by atoms with Gasteiger partial charge >= 0.3 is 5.97 Å². The highest BCUT2D eigenvalue weighted by Crippen LogP contribution is 2.32. The normalized spacial score (nSPS) is 11.0. The second kappa shape index (κ2) is 9.68. The molecule has 170 valence electrons. The second-order valence-electron chi connectivity index (χ2n) is 7.38. The minimum atomic E-state index is -0.470. The van der Waals surface area contributed by atoms with Gasteiger partial charge in [-0.2, -0.15) is 0 Å². The number of rotatable bonds is 7. The summed E-state index contributed by atoms with van der Waals surface area (Å²) in [4.78, 5) is 44.9. The number of benzene rings is 1. The second-order valence-corrected chi connectivity index (χ2v) is 9.52. The lowest BCUT2D eigenvalue weighted by molar-refractivity contribution is 0.0528. The Balaban J connectivity index is 1.67. The third-order valence-corrected chi connectivity index (χ3v) is 7.57. The molecule has 0 fully saturated rings. The Labute approximate surface area is 198 Å². The van der Waals surface area contributed by atoms with E-state index >= 15 is 0 Å². The van der Waals surface area contributed by atoms with E-state index in [1.165, 1.54) is 29.0 Å². The van der Waals surface area contributed by atoms with Crippen molar-refractivity contribution >= 4 is 49.8 Å². The van der Waals surface area contributed by atoms with Crippen LogP contribution in [0.25, 0.3) is 10.2 Å². The van der Waals surface area contributed by atoms with Crippen molar-refractivity contribution < 1.29 is 14.3 Å². The van der Waals surface area contributed by atoms with Gasteiger partial charge in [0.2, 0.25) is 0 Å². The minimum absolute atomic E-state index is 0.187. The quantitative estimate of drug-likeness (QED) is 0.381. The summed E-state index contributed by atoms with van der Waals surface area (Å²) in [6, 6.07) is 11.4. The zero-order valence-corrected chi connectivity index (χ0v) is 20.1. The largest absolute Gasteiger partial charge is 0.462 e. The van der Waals surface area contributed by atoms with E-state index in [9.17, 15) is 14.4 Å². The van der Waals surface area contributed by atoms with Crippen LogP contribution in [0.4, 0.5) is 5.00 Å². The number of thiophene rings is 2. The van der Waals surface area contributed by atoms with E-state index in [4.69, 9.17) is 4.74 Å². The third-order valence-electron chi connectivity index (χ3n) is 5.17. The Hall–Kier alpha value is -3.30. The highest BCUT2D eigenvalue weighted by atomic mass is 32.1. The Kier molecular flexibility index (Phi) is 6.71. The summed E-state index contributed by atoms with van der Waals surface area (Å²) in [5, 5.41) is 3.73. The Morgan fingerprint density at radius 1 is 1.15 bits per heavy atom. The van der Waals surface area contributed by atoms with Gasteiger partial charge in [0.25, 0.3) is 11.5 Å². The molecule has 0 radical (unpaired) electrons. The highest BCUT2D eigenvalue weighted by molar-refractivity contribution is 7.21. The van der Waals surface area contributed by atoms with Crippen LogP contribution in [0.3, 0.4) is 0 Å². The number of esters is 1. The van der Waals surface area contributed by atoms with Crippen LogP contribution in [0, 0.1) is 6.92 Å². The monoisotopic (exact) mass is 481 g/mol. The summed E-state index contributed by atoms with van der Waals surface area (Å²) in [7, 11) is 0. The minimum Gasteiger partial charge on any atom is -0.462 e. The molecule has 0 aliphatic carbocycles. The van der Waals surface area contributed by atoms with Gasteiger partial charge in [0.1, 0.15) is 9.83 Å². The van der Waals surface area contributed by atoms with E-state index in [-0.39, 0.29) is 18.1 Å². The van der Waals surface area contributed by atoms with Crippen LogP contribution in [-0.2, 0) is 17.7 Å². The molecule has 0 bridgehead atoms. The number of fused-ring (bicyclic) bond motifs is 1. The molecule has 0 aliphatic heterocycles. The van der Waals surface area contributed by atoms with Crippen molar-refractivity contribution in [3.05, 3.63) is 79.5 Å². The number of ether oxygens (including phenoxy) is 1. The molecule has 1 N–H and O–H groups in total. The first kappa shape index (κ1) is 22.9. The summed E-state index contributed by atoms with van der Waals surface area (Å²) < 4.78 is 6.67. The van der Waals surface area contributed by atoms with E-state index in [1.54, 1.807) is 24.5 Å². The van der Waals surface area contributed by atoms with Gasteiger partial charge in [0, 0.05) is 4.88 Å². The maximum Gasteiger partial charge on any atom is 0.341 e. The predicted octanol–water partition coefficient (Wildman–Crippen LogP) is 4.87. The SMILES string of the molecule is CCOC(=O)c1cc(CC)sc1NC(=O)c1sc2ncn(Cc3ccccc3)c(=O)c2c1C. The lowest BCUT2D eigenvalue weighted by Gasteiger charge is -2.06. The number of anilines is 1. The van der Waals surface area contributed by atoms with E-state index in [0.29, 0.717) is 37.8 Å². The smallest absolute Gasteiger partial charge is 0.341 e. The zero-order valence-electron chi connectivity index (χ0n) is 18.5. The molecule has 4 aromatic rings. The molecule has 1 amide bonds. The molecular formula is C24H23N3O4S2. The van der Waals surface area contributed by atoms with E-state index in [2.05, 4.69) is 10.3 Å². The number of aromatic nitrogens is 2. The molecule has 0 saturated heterocycles. The van der Waals surface area contributed by atoms with Crippen molar-refractivity contribution in [1.82, 2.24) is 9.55 Å². The van der Waals surface area contributed by atoms with Crippen LogP contribution >= 0.6 is 22.7 Å². The van der Waals surface area contributed by atoms with Gasteiger partial charge in [-0.05, 0) is 37.5 Å². The molecule has 7 nitrogen and oxygen atoms in total. The van der Waals surface area contributed by atoms with Crippen LogP contribution in [-0.4, -0.2) is 28.0 Å². The third kappa shape index (κ3) is 4.60. The topological polar surface area (TPSA) is 90.3 Å². The number of carbonyl (C=O) groups is 2. The Bertz CT molecular complexity index is 1390. The maximum atomic E-state index is 13.1. The highest BCUT2D eigenvalue weighted by Gasteiger charge is 2.23. The molecule has 0 unspecified atom stereocenters. The molecule has 0 aliphatic rings. The number of aryl methyl sites for hydroxylation is 2. The lowest BCUT2D eigenvalue weighted by Crippen LogP contribution is -2.21. The molecule has 9 heteroatoms. The van der Waals surface area contributed by atoms with Gasteiger partial charge < -0.3 is 10.1 Å². The lowest BCUT2D eigenvalue weighted by atomic mass is 10.2. The van der Waals surface area contributed by atoms with Gasteiger partial charge in [0.05, 0.1) is 35.3 Å². The van der Waals surface area contributed by atoms with Crippen LogP contribution in [0.15, 0.2) is 47.5 Å². The van der Waals surface area contributed by atoms with Crippen LogP contribution in [0.1, 0.15) is 49.9 Å². The number of hydrogen-bond acceptors (Lipinski definition) is 7. The fourth-order valence-corrected chi connectivity index (χ4v) is 5.51. The average Bonchev–Trinajstić information content (AvgIpc) is 3.37. The molecule has 0 atom stereocenters. The summed E-state index contributed by atoms with van der Waals surface area (Å²) >= 11 is 2.52. The van der Waals surface area contributed by atoms with E-state index in [0.717, 1.165) is 16.9 Å². The Morgan fingerprint density at radius 3 is 2.61 bits per heavy atom. The van der Waals surface area contributed by atoms with E-state index < -0.39 is 5.97 Å². The maximum absolute atomic E-state index is 13.1. The number of carbonyl (C=O) groups excluding carboxylic acids is 2. The summed E-state index contributed by atoms with van der Waals surface area (Å²) in [5.41, 5.74) is 1.72. The van der Waals surface area contributed by atoms with Gasteiger partial charge in [0.15, 0.2) is 0 Å². The molecule has 4 rings (SSSR count). The molecule has 0 saturated carbocycles. The van der Waals surface area contributed by atoms with Gasteiger partial charge in [-0.25, -0.2) is 9.78 Å². The van der Waals surface area contributed by atoms with Crippen molar-refractivity contribution in [2.45, 2.75) is 33.7 Å². The summed E-state index contributed by atoms with van der Waals surface area (Å²) in [6.45, 7) is 6.12. The van der Waals surface area contributed by atoms with Crippen molar-refractivity contribution in [3.8, 4) is 0 Å². The van der Waals surface area contributed by atoms with Gasteiger partial charge in [-0.3, -0.25) is 14.2 Å². The van der Waals surface area contributed by atoms with E-state index in [1.807, 2.05) is 37.3 Å². The molecule has 3 heterocycles. The van der Waals surface area contributed by atoms with Gasteiger partial charge in [-0.15, -0.1) is 22.7 Å². The van der Waals surface area contributed by atoms with Gasteiger partial charge in [-0.1, -0.05) is 37.3 Å². The number of nitrogens with zero attached hydrogens (tertiary/aromatic N) is 2. The van der Waals surface area contributed by atoms with Crippen LogP contribution in [0.5, 0.6) is 0 Å². The summed E-state index contributed by atoms with van der Waals surface area (Å²) in [5.74, 6) is -0.846. The van der Waals surface area contributed by atoms with Crippen LogP contribution in [0.2, 0.25) is 0 Å². The van der Waals surface area contributed by atoms with Crippen molar-refractivity contribution in [1.29, 1.82) is 0 Å². The van der Waals surface area contributed by atoms with Crippen molar-refractivity contribution in [3.63, 3.8) is 0 Å². The summed E-state index contributed by atoms with van der Waals surface area (Å²) in [6.07, 6.45) is 2.25. The molecule has 1 aromatic carbocycles. The number of nitrogens with one attached hydrogen (secondary N) is 1. The molecule has 0 spiro atoms. The first-order valence-electron chi connectivity index (χ1n) is 10.6. The Morgan fingerprint density at radius 2 is 1.91 bits per heavy atom. The predicted molar refractivity (Wildman–Crippen MR) is 132 cm³/mol. The zero-order chi connectivity index (χ0) is 23.5. The number of amides is 1. The molecular weight excluding hydrogens is 458 g/mol. The van der Waals surface area contributed by atoms with Crippen LogP contribution < -0.4 is 10.9 Å². The fraction of sp³-hybridized carbons (Fsp3) is 0.250. The van der Waals surface area contributed by atoms with Crippen molar-refractivity contribution in [2.24, 2.45) is 0 Å². The fourth-order valence-electron chi connectivity index (χ4n) is 3.50. The first-order valence-corrected chi connectivity index (χ1v) is 12.2. The molecule has 3 aromatic heterocycles. The van der Waals surface area contributed by atoms with Crippen molar-refractivity contribution in [2.75, 3.05) is 11.9 Å². The average molecular weight is 482 g/mol. The molecule has 33 heavy (non-hydrogen) atoms. The first-order chi connectivity index (χ1) is 15.9. The number of hydrogen-bond donors (Lipinski definition) is 1. The standard InChI is InChI=1S/C24H23N3O4S2/c1-4-16-11-17(24(30)31-5-2)21(32-16)26-20(28)19-14(3)18-22(33-19)25-13-27(23(18)29)12-15-9-7-6-8-10-15/h6-11,13H,4-5,12H2,1-3H3,(H,26,28).